The van der Waals surface area contributed by atoms with E-state index in [-0.39, 0.29) is 6.04 Å². The van der Waals surface area contributed by atoms with E-state index in [0.717, 1.165) is 11.3 Å². The number of para-hydroxylation sites is 2. The van der Waals surface area contributed by atoms with Gasteiger partial charge in [-0.3, -0.25) is 0 Å². The van der Waals surface area contributed by atoms with Crippen LogP contribution in [0.25, 0.3) is 0 Å². The molecular weight excluding hydrogens is 266 g/mol. The first kappa shape index (κ1) is 15.2. The Kier molecular flexibility index (Phi) is 5.46. The van der Waals surface area contributed by atoms with Gasteiger partial charge in [-0.25, -0.2) is 0 Å². The Morgan fingerprint density at radius 1 is 0.952 bits per heavy atom. The van der Waals surface area contributed by atoms with Crippen molar-refractivity contribution in [2.45, 2.75) is 13.0 Å². The molecule has 0 amide bonds. The fourth-order valence-corrected chi connectivity index (χ4v) is 1.99. The van der Waals surface area contributed by atoms with E-state index in [1.807, 2.05) is 55.5 Å². The van der Waals surface area contributed by atoms with Crippen molar-refractivity contribution >= 4 is 0 Å². The lowest BCUT2D eigenvalue weighted by Crippen LogP contribution is -2.19. The van der Waals surface area contributed by atoms with E-state index in [1.165, 1.54) is 0 Å². The number of nitrogens with two attached hydrogens (primary N) is 1. The fourth-order valence-electron chi connectivity index (χ4n) is 1.99. The highest BCUT2D eigenvalue weighted by molar-refractivity contribution is 5.39. The quantitative estimate of drug-likeness (QED) is 0.850. The molecule has 0 aromatic heterocycles. The van der Waals surface area contributed by atoms with Crippen molar-refractivity contribution in [1.82, 2.24) is 0 Å². The highest BCUT2D eigenvalue weighted by Gasteiger charge is 2.09. The van der Waals surface area contributed by atoms with Crippen molar-refractivity contribution in [2.24, 2.45) is 5.73 Å². The summed E-state index contributed by atoms with van der Waals surface area (Å²) >= 11 is 0. The minimum absolute atomic E-state index is 0.203. The van der Waals surface area contributed by atoms with Gasteiger partial charge in [0, 0.05) is 0 Å². The first-order valence-electron chi connectivity index (χ1n) is 6.98. The summed E-state index contributed by atoms with van der Waals surface area (Å²) in [7, 11) is 1.62. The predicted molar refractivity (Wildman–Crippen MR) is 83.0 cm³/mol. The summed E-state index contributed by atoms with van der Waals surface area (Å²) in [6, 6.07) is 15.1. The third kappa shape index (κ3) is 4.13. The van der Waals surface area contributed by atoms with E-state index in [0.29, 0.717) is 24.7 Å². The first-order chi connectivity index (χ1) is 10.2. The zero-order valence-electron chi connectivity index (χ0n) is 12.4. The lowest BCUT2D eigenvalue weighted by Gasteiger charge is -2.15. The standard InChI is InChI=1S/C17H21NO3/c1-3-20-14-10-8-13(9-11-14)15(18)12-21-17-7-5-4-6-16(17)19-2/h4-11,15H,3,12,18H2,1-2H3. The lowest BCUT2D eigenvalue weighted by atomic mass is 10.1. The van der Waals surface area contributed by atoms with Crippen LogP contribution in [0.5, 0.6) is 17.2 Å². The van der Waals surface area contributed by atoms with Crippen LogP contribution in [0.2, 0.25) is 0 Å². The van der Waals surface area contributed by atoms with Crippen LogP contribution in [0.3, 0.4) is 0 Å². The SMILES string of the molecule is CCOc1ccc(C(N)COc2ccccc2OC)cc1. The minimum Gasteiger partial charge on any atom is -0.494 e. The largest absolute Gasteiger partial charge is 0.494 e. The summed E-state index contributed by atoms with van der Waals surface area (Å²) < 4.78 is 16.4. The maximum atomic E-state index is 6.15. The van der Waals surface area contributed by atoms with E-state index in [4.69, 9.17) is 19.9 Å². The van der Waals surface area contributed by atoms with Crippen molar-refractivity contribution in [3.63, 3.8) is 0 Å². The number of methoxy groups -OCH3 is 1. The molecule has 0 fully saturated rings. The second-order valence-electron chi connectivity index (χ2n) is 4.57. The van der Waals surface area contributed by atoms with Crippen LogP contribution in [-0.4, -0.2) is 20.3 Å². The second-order valence-corrected chi connectivity index (χ2v) is 4.57. The monoisotopic (exact) mass is 287 g/mol. The number of hydrogen-bond acceptors (Lipinski definition) is 4. The van der Waals surface area contributed by atoms with Gasteiger partial charge >= 0.3 is 0 Å². The number of rotatable bonds is 7. The van der Waals surface area contributed by atoms with Crippen LogP contribution >= 0.6 is 0 Å². The summed E-state index contributed by atoms with van der Waals surface area (Å²) in [5.41, 5.74) is 7.16. The highest BCUT2D eigenvalue weighted by Crippen LogP contribution is 2.27. The van der Waals surface area contributed by atoms with Gasteiger partial charge in [0.05, 0.1) is 19.8 Å². The molecular formula is C17H21NO3. The van der Waals surface area contributed by atoms with Gasteiger partial charge < -0.3 is 19.9 Å². The summed E-state index contributed by atoms with van der Waals surface area (Å²) in [5.74, 6) is 2.25. The van der Waals surface area contributed by atoms with Crippen molar-refractivity contribution in [3.05, 3.63) is 54.1 Å². The van der Waals surface area contributed by atoms with Crippen LogP contribution in [0, 0.1) is 0 Å². The molecule has 0 saturated heterocycles. The Bertz CT molecular complexity index is 554. The average Bonchev–Trinajstić information content (AvgIpc) is 2.54. The molecule has 0 aliphatic heterocycles. The minimum atomic E-state index is -0.203. The van der Waals surface area contributed by atoms with Crippen LogP contribution in [0.4, 0.5) is 0 Å². The first-order valence-corrected chi connectivity index (χ1v) is 6.98. The summed E-state index contributed by atoms with van der Waals surface area (Å²) in [6.45, 7) is 3.00. The molecule has 1 atom stereocenters. The van der Waals surface area contributed by atoms with E-state index in [2.05, 4.69) is 0 Å². The maximum Gasteiger partial charge on any atom is 0.161 e. The number of benzene rings is 2. The molecule has 112 valence electrons. The molecule has 2 aromatic rings. The van der Waals surface area contributed by atoms with Crippen molar-refractivity contribution in [2.75, 3.05) is 20.3 Å². The Morgan fingerprint density at radius 3 is 2.24 bits per heavy atom. The van der Waals surface area contributed by atoms with Crippen LogP contribution in [-0.2, 0) is 0 Å². The fraction of sp³-hybridized carbons (Fsp3) is 0.294. The maximum absolute atomic E-state index is 6.15. The molecule has 2 N–H and O–H groups in total. The Labute approximate surface area is 125 Å². The molecule has 0 heterocycles. The van der Waals surface area contributed by atoms with E-state index in [9.17, 15) is 0 Å². The molecule has 2 rings (SSSR count). The molecule has 0 aliphatic carbocycles. The average molecular weight is 287 g/mol. The molecule has 4 nitrogen and oxygen atoms in total. The van der Waals surface area contributed by atoms with Gasteiger partial charge in [0.1, 0.15) is 12.4 Å². The lowest BCUT2D eigenvalue weighted by molar-refractivity contribution is 0.273. The van der Waals surface area contributed by atoms with Gasteiger partial charge in [0.15, 0.2) is 11.5 Å². The van der Waals surface area contributed by atoms with Crippen molar-refractivity contribution < 1.29 is 14.2 Å². The predicted octanol–water partition coefficient (Wildman–Crippen LogP) is 3.17. The van der Waals surface area contributed by atoms with Crippen molar-refractivity contribution in [1.29, 1.82) is 0 Å². The topological polar surface area (TPSA) is 53.7 Å². The normalized spacial score (nSPS) is 11.8. The van der Waals surface area contributed by atoms with Crippen molar-refractivity contribution in [3.8, 4) is 17.2 Å². The van der Waals surface area contributed by atoms with E-state index >= 15 is 0 Å². The van der Waals surface area contributed by atoms with Gasteiger partial charge in [-0.1, -0.05) is 24.3 Å². The van der Waals surface area contributed by atoms with Crippen LogP contribution < -0.4 is 19.9 Å². The zero-order valence-corrected chi connectivity index (χ0v) is 12.4. The van der Waals surface area contributed by atoms with Gasteiger partial charge in [0.2, 0.25) is 0 Å². The Morgan fingerprint density at radius 2 is 1.62 bits per heavy atom. The van der Waals surface area contributed by atoms with E-state index in [1.54, 1.807) is 7.11 Å². The number of hydrogen-bond donors (Lipinski definition) is 1. The molecule has 4 heteroatoms. The summed E-state index contributed by atoms with van der Waals surface area (Å²) in [6.07, 6.45) is 0. The highest BCUT2D eigenvalue weighted by atomic mass is 16.5. The third-order valence-electron chi connectivity index (χ3n) is 3.11. The second kappa shape index (κ2) is 7.55. The Hall–Kier alpha value is -2.20. The molecule has 21 heavy (non-hydrogen) atoms. The molecule has 1 unspecified atom stereocenters. The summed E-state index contributed by atoms with van der Waals surface area (Å²) in [5, 5.41) is 0. The van der Waals surface area contributed by atoms with Crippen LogP contribution in [0.1, 0.15) is 18.5 Å². The number of ether oxygens (including phenoxy) is 3. The van der Waals surface area contributed by atoms with Gasteiger partial charge in [0.25, 0.3) is 0 Å². The third-order valence-corrected chi connectivity index (χ3v) is 3.11. The van der Waals surface area contributed by atoms with Crippen LogP contribution in [0.15, 0.2) is 48.5 Å². The van der Waals surface area contributed by atoms with Gasteiger partial charge in [-0.05, 0) is 36.8 Å². The Balaban J connectivity index is 1.96. The molecule has 0 bridgehead atoms. The molecule has 0 saturated carbocycles. The van der Waals surface area contributed by atoms with Gasteiger partial charge in [-0.2, -0.15) is 0 Å². The molecule has 0 radical (unpaired) electrons. The molecule has 2 aromatic carbocycles. The zero-order chi connectivity index (χ0) is 15.1. The molecule has 0 aliphatic rings. The smallest absolute Gasteiger partial charge is 0.161 e. The van der Waals surface area contributed by atoms with Gasteiger partial charge in [-0.15, -0.1) is 0 Å². The molecule has 0 spiro atoms. The summed E-state index contributed by atoms with van der Waals surface area (Å²) in [4.78, 5) is 0. The van der Waals surface area contributed by atoms with E-state index < -0.39 is 0 Å².